The molecule has 1 amide bonds. The summed E-state index contributed by atoms with van der Waals surface area (Å²) in [5.41, 5.74) is -0.372. The van der Waals surface area contributed by atoms with E-state index in [1.165, 1.54) is 0 Å². The van der Waals surface area contributed by atoms with E-state index in [-0.39, 0.29) is 24.7 Å². The third-order valence-electron chi connectivity index (χ3n) is 1.85. The van der Waals surface area contributed by atoms with Crippen molar-refractivity contribution in [2.24, 2.45) is 0 Å². The van der Waals surface area contributed by atoms with Gasteiger partial charge in [-0.25, -0.2) is 0 Å². The number of nitrogens with one attached hydrogen (secondary N) is 1. The second-order valence-electron chi connectivity index (χ2n) is 2.99. The van der Waals surface area contributed by atoms with Crippen LogP contribution in [0.1, 0.15) is 13.3 Å². The van der Waals surface area contributed by atoms with Gasteiger partial charge in [0.25, 0.3) is 0 Å². The molecule has 1 fully saturated rings. The molecular weight excluding hydrogens is 146 g/mol. The van der Waals surface area contributed by atoms with Crippen molar-refractivity contribution in [2.45, 2.75) is 18.9 Å². The summed E-state index contributed by atoms with van der Waals surface area (Å²) < 4.78 is 5.25. The van der Waals surface area contributed by atoms with Crippen LogP contribution in [-0.4, -0.2) is 36.4 Å². The molecule has 0 saturated carbocycles. The molecule has 1 heterocycles. The van der Waals surface area contributed by atoms with E-state index in [0.29, 0.717) is 13.0 Å². The Bertz CT molecular complexity index is 148. The zero-order valence-electron chi connectivity index (χ0n) is 6.59. The van der Waals surface area contributed by atoms with Crippen LogP contribution in [0, 0.1) is 0 Å². The van der Waals surface area contributed by atoms with Crippen molar-refractivity contribution in [2.75, 3.05) is 19.8 Å². The van der Waals surface area contributed by atoms with Crippen molar-refractivity contribution >= 4 is 5.91 Å². The highest BCUT2D eigenvalue weighted by Crippen LogP contribution is 2.16. The average Bonchev–Trinajstić information content (AvgIpc) is 1.97. The first kappa shape index (κ1) is 8.49. The van der Waals surface area contributed by atoms with Gasteiger partial charge in [-0.1, -0.05) is 0 Å². The largest absolute Gasteiger partial charge is 0.396 e. The van der Waals surface area contributed by atoms with Gasteiger partial charge in [-0.05, 0) is 6.92 Å². The Morgan fingerprint density at radius 2 is 2.55 bits per heavy atom. The molecule has 1 aliphatic heterocycles. The van der Waals surface area contributed by atoms with Gasteiger partial charge in [0.2, 0.25) is 5.91 Å². The van der Waals surface area contributed by atoms with Gasteiger partial charge in [-0.2, -0.15) is 0 Å². The highest BCUT2D eigenvalue weighted by molar-refractivity contribution is 5.77. The Labute approximate surface area is 65.5 Å². The van der Waals surface area contributed by atoms with Gasteiger partial charge in [0.15, 0.2) is 0 Å². The van der Waals surface area contributed by atoms with E-state index in [4.69, 9.17) is 9.84 Å². The van der Waals surface area contributed by atoms with Crippen molar-refractivity contribution < 1.29 is 14.6 Å². The standard InChI is InChI=1S/C7H13NO3/c1-7(2-3-9)5-8-6(10)4-11-7/h9H,2-5H2,1H3,(H,8,10). The van der Waals surface area contributed by atoms with E-state index in [9.17, 15) is 4.79 Å². The minimum atomic E-state index is -0.372. The van der Waals surface area contributed by atoms with Gasteiger partial charge in [0, 0.05) is 19.6 Å². The van der Waals surface area contributed by atoms with Crippen LogP contribution in [-0.2, 0) is 9.53 Å². The number of aliphatic hydroxyl groups excluding tert-OH is 1. The van der Waals surface area contributed by atoms with Gasteiger partial charge < -0.3 is 15.2 Å². The van der Waals surface area contributed by atoms with Crippen molar-refractivity contribution in [1.82, 2.24) is 5.32 Å². The number of carbonyl (C=O) groups excluding carboxylic acids is 1. The fourth-order valence-corrected chi connectivity index (χ4v) is 1.02. The summed E-state index contributed by atoms with van der Waals surface area (Å²) in [6, 6.07) is 0. The first-order valence-electron chi connectivity index (χ1n) is 3.68. The normalized spacial score (nSPS) is 31.6. The number of carbonyl (C=O) groups is 1. The lowest BCUT2D eigenvalue weighted by molar-refractivity contribution is -0.143. The molecular formula is C7H13NO3. The molecule has 0 radical (unpaired) electrons. The average molecular weight is 159 g/mol. The maximum Gasteiger partial charge on any atom is 0.246 e. The fourth-order valence-electron chi connectivity index (χ4n) is 1.02. The number of hydrogen-bond acceptors (Lipinski definition) is 3. The van der Waals surface area contributed by atoms with Crippen LogP contribution in [0.15, 0.2) is 0 Å². The lowest BCUT2D eigenvalue weighted by Crippen LogP contribution is -2.51. The van der Waals surface area contributed by atoms with Crippen LogP contribution in [0.3, 0.4) is 0 Å². The van der Waals surface area contributed by atoms with Gasteiger partial charge in [0.1, 0.15) is 6.61 Å². The molecule has 1 rings (SSSR count). The SMILES string of the molecule is CC1(CCO)CNC(=O)CO1. The molecule has 0 spiro atoms. The predicted molar refractivity (Wildman–Crippen MR) is 39.1 cm³/mol. The molecule has 1 saturated heterocycles. The highest BCUT2D eigenvalue weighted by Gasteiger charge is 2.29. The molecule has 0 aromatic carbocycles. The van der Waals surface area contributed by atoms with E-state index in [2.05, 4.69) is 5.32 Å². The van der Waals surface area contributed by atoms with Crippen LogP contribution in [0.4, 0.5) is 0 Å². The second-order valence-corrected chi connectivity index (χ2v) is 2.99. The summed E-state index contributed by atoms with van der Waals surface area (Å²) in [6.45, 7) is 2.57. The topological polar surface area (TPSA) is 58.6 Å². The number of hydrogen-bond donors (Lipinski definition) is 2. The molecule has 64 valence electrons. The molecule has 1 atom stereocenters. The number of amides is 1. The van der Waals surface area contributed by atoms with Crippen molar-refractivity contribution in [3.63, 3.8) is 0 Å². The summed E-state index contributed by atoms with van der Waals surface area (Å²) in [6.07, 6.45) is 0.563. The number of rotatable bonds is 2. The van der Waals surface area contributed by atoms with E-state index >= 15 is 0 Å². The molecule has 11 heavy (non-hydrogen) atoms. The van der Waals surface area contributed by atoms with Crippen molar-refractivity contribution in [3.8, 4) is 0 Å². The Morgan fingerprint density at radius 1 is 1.82 bits per heavy atom. The minimum Gasteiger partial charge on any atom is -0.396 e. The summed E-state index contributed by atoms with van der Waals surface area (Å²) in [4.78, 5) is 10.7. The fraction of sp³-hybridized carbons (Fsp3) is 0.857. The van der Waals surface area contributed by atoms with Gasteiger partial charge >= 0.3 is 0 Å². The molecule has 2 N–H and O–H groups in total. The van der Waals surface area contributed by atoms with E-state index in [0.717, 1.165) is 0 Å². The van der Waals surface area contributed by atoms with Crippen molar-refractivity contribution in [3.05, 3.63) is 0 Å². The van der Waals surface area contributed by atoms with Crippen LogP contribution in [0.2, 0.25) is 0 Å². The molecule has 0 bridgehead atoms. The lowest BCUT2D eigenvalue weighted by atomic mass is 10.0. The minimum absolute atomic E-state index is 0.0829. The number of morpholine rings is 1. The van der Waals surface area contributed by atoms with Crippen LogP contribution in [0.25, 0.3) is 0 Å². The van der Waals surface area contributed by atoms with E-state index < -0.39 is 0 Å². The molecule has 0 aromatic heterocycles. The van der Waals surface area contributed by atoms with E-state index in [1.54, 1.807) is 0 Å². The maximum absolute atomic E-state index is 10.7. The Morgan fingerprint density at radius 3 is 3.00 bits per heavy atom. The lowest BCUT2D eigenvalue weighted by Gasteiger charge is -2.33. The molecule has 1 unspecified atom stereocenters. The maximum atomic E-state index is 10.7. The third kappa shape index (κ3) is 2.17. The molecule has 1 aliphatic rings. The van der Waals surface area contributed by atoms with E-state index in [1.807, 2.05) is 6.92 Å². The van der Waals surface area contributed by atoms with Crippen LogP contribution < -0.4 is 5.32 Å². The first-order chi connectivity index (χ1) is 5.16. The quantitative estimate of drug-likeness (QED) is 0.558. The smallest absolute Gasteiger partial charge is 0.246 e. The molecule has 0 aliphatic carbocycles. The summed E-state index contributed by atoms with van der Waals surface area (Å²) in [5.74, 6) is -0.0829. The van der Waals surface area contributed by atoms with Crippen molar-refractivity contribution in [1.29, 1.82) is 0 Å². The first-order valence-corrected chi connectivity index (χ1v) is 3.68. The zero-order chi connectivity index (χ0) is 8.32. The van der Waals surface area contributed by atoms with Gasteiger partial charge in [-0.15, -0.1) is 0 Å². The monoisotopic (exact) mass is 159 g/mol. The Hall–Kier alpha value is -0.610. The predicted octanol–water partition coefficient (Wildman–Crippen LogP) is -0.726. The summed E-state index contributed by atoms with van der Waals surface area (Å²) in [5, 5.41) is 11.3. The summed E-state index contributed by atoms with van der Waals surface area (Å²) in [7, 11) is 0. The molecule has 4 heteroatoms. The zero-order valence-corrected chi connectivity index (χ0v) is 6.59. The Kier molecular flexibility index (Phi) is 2.46. The second kappa shape index (κ2) is 3.19. The highest BCUT2D eigenvalue weighted by atomic mass is 16.5. The van der Waals surface area contributed by atoms with Gasteiger partial charge in [-0.3, -0.25) is 4.79 Å². The molecule has 4 nitrogen and oxygen atoms in total. The number of ether oxygens (including phenoxy) is 1. The molecule has 0 aromatic rings. The number of aliphatic hydroxyl groups is 1. The third-order valence-corrected chi connectivity index (χ3v) is 1.85. The van der Waals surface area contributed by atoms with Gasteiger partial charge in [0.05, 0.1) is 5.60 Å². The van der Waals surface area contributed by atoms with Crippen LogP contribution >= 0.6 is 0 Å². The summed E-state index contributed by atoms with van der Waals surface area (Å²) >= 11 is 0. The Balaban J connectivity index is 2.41. The van der Waals surface area contributed by atoms with Crippen LogP contribution in [0.5, 0.6) is 0 Å².